The molecule has 0 atom stereocenters. The van der Waals surface area contributed by atoms with Crippen LogP contribution in [0.2, 0.25) is 0 Å². The van der Waals surface area contributed by atoms with E-state index >= 15 is 0 Å². The highest BCUT2D eigenvalue weighted by atomic mass is 19.4. The summed E-state index contributed by atoms with van der Waals surface area (Å²) in [6, 6.07) is 7.14. The second kappa shape index (κ2) is 5.30. The molecule has 0 unspecified atom stereocenters. The van der Waals surface area contributed by atoms with E-state index in [2.05, 4.69) is 4.98 Å². The highest BCUT2D eigenvalue weighted by molar-refractivity contribution is 5.73. The molecule has 2 rings (SSSR count). The van der Waals surface area contributed by atoms with Crippen molar-refractivity contribution in [2.24, 2.45) is 0 Å². The van der Waals surface area contributed by atoms with E-state index in [4.69, 9.17) is 14.3 Å². The summed E-state index contributed by atoms with van der Waals surface area (Å²) < 4.78 is 36.6. The Bertz CT molecular complexity index is 606. The fourth-order valence-corrected chi connectivity index (χ4v) is 0.907. The highest BCUT2D eigenvalue weighted by Gasteiger charge is 2.38. The summed E-state index contributed by atoms with van der Waals surface area (Å²) in [5, 5.41) is 7.12. The van der Waals surface area contributed by atoms with Crippen LogP contribution in [-0.2, 0) is 4.79 Å². The Kier molecular flexibility index (Phi) is 4.03. The number of hydrogen-bond acceptors (Lipinski definition) is 4. The molecule has 2 aromatic rings. The maximum atomic E-state index is 10.7. The first-order valence-corrected chi connectivity index (χ1v) is 4.45. The molecule has 1 heterocycles. The van der Waals surface area contributed by atoms with Gasteiger partial charge in [-0.25, -0.2) is 14.6 Å². The third-order valence-electron chi connectivity index (χ3n) is 1.63. The van der Waals surface area contributed by atoms with Crippen LogP contribution < -0.4 is 5.63 Å². The Balaban J connectivity index is 0.000000203. The number of halogens is 3. The molecule has 0 fully saturated rings. The fourth-order valence-electron chi connectivity index (χ4n) is 0.907. The van der Waals surface area contributed by atoms with E-state index in [-0.39, 0.29) is 0 Å². The molecule has 18 heavy (non-hydrogen) atoms. The second-order valence-electron chi connectivity index (χ2n) is 2.95. The molecule has 5 nitrogen and oxygen atoms in total. The van der Waals surface area contributed by atoms with Crippen molar-refractivity contribution < 1.29 is 27.5 Å². The molecule has 8 heteroatoms. The average molecular weight is 261 g/mol. The van der Waals surface area contributed by atoms with E-state index in [0.29, 0.717) is 11.1 Å². The van der Waals surface area contributed by atoms with Gasteiger partial charge in [-0.1, -0.05) is 12.1 Å². The van der Waals surface area contributed by atoms with Crippen LogP contribution in [0.3, 0.4) is 0 Å². The predicted molar refractivity (Wildman–Crippen MR) is 54.0 cm³/mol. The van der Waals surface area contributed by atoms with Gasteiger partial charge in [0, 0.05) is 0 Å². The summed E-state index contributed by atoms with van der Waals surface area (Å²) >= 11 is 0. The van der Waals surface area contributed by atoms with Crippen LogP contribution in [0, 0.1) is 0 Å². The van der Waals surface area contributed by atoms with Crippen molar-refractivity contribution in [1.29, 1.82) is 0 Å². The van der Waals surface area contributed by atoms with E-state index in [9.17, 15) is 18.0 Å². The summed E-state index contributed by atoms with van der Waals surface area (Å²) in [5.74, 6) is -2.76. The SMILES string of the molecule is O=C(O)C(F)(F)F.O=c1cnc2ccccc2o1. The Morgan fingerprint density at radius 2 is 1.83 bits per heavy atom. The van der Waals surface area contributed by atoms with Gasteiger partial charge in [0.15, 0.2) is 5.58 Å². The smallest absolute Gasteiger partial charge is 0.475 e. The van der Waals surface area contributed by atoms with Crippen molar-refractivity contribution in [3.05, 3.63) is 40.9 Å². The van der Waals surface area contributed by atoms with Gasteiger partial charge in [-0.15, -0.1) is 0 Å². The molecule has 0 aliphatic heterocycles. The van der Waals surface area contributed by atoms with Gasteiger partial charge in [0.1, 0.15) is 11.7 Å². The predicted octanol–water partition coefficient (Wildman–Crippen LogP) is 1.82. The lowest BCUT2D eigenvalue weighted by atomic mass is 10.3. The zero-order valence-electron chi connectivity index (χ0n) is 8.64. The minimum Gasteiger partial charge on any atom is -0.475 e. The van der Waals surface area contributed by atoms with E-state index in [1.807, 2.05) is 6.07 Å². The number of benzene rings is 1. The fraction of sp³-hybridized carbons (Fsp3) is 0.100. The molecule has 0 spiro atoms. The molecule has 1 aromatic heterocycles. The molecule has 0 aliphatic carbocycles. The second-order valence-corrected chi connectivity index (χ2v) is 2.95. The minimum atomic E-state index is -5.08. The summed E-state index contributed by atoms with van der Waals surface area (Å²) in [7, 11) is 0. The lowest BCUT2D eigenvalue weighted by Crippen LogP contribution is -2.21. The first-order valence-electron chi connectivity index (χ1n) is 4.45. The van der Waals surface area contributed by atoms with Crippen molar-refractivity contribution in [3.63, 3.8) is 0 Å². The van der Waals surface area contributed by atoms with E-state index in [1.54, 1.807) is 18.2 Å². The first kappa shape index (κ1) is 13.7. The average Bonchev–Trinajstić information content (AvgIpc) is 2.28. The van der Waals surface area contributed by atoms with Gasteiger partial charge in [0.25, 0.3) is 0 Å². The van der Waals surface area contributed by atoms with Gasteiger partial charge in [-0.3, -0.25) is 0 Å². The number of aromatic nitrogens is 1. The van der Waals surface area contributed by atoms with Crippen LogP contribution in [-0.4, -0.2) is 22.2 Å². The molecule has 0 bridgehead atoms. The quantitative estimate of drug-likeness (QED) is 0.782. The third kappa shape index (κ3) is 3.89. The van der Waals surface area contributed by atoms with Crippen molar-refractivity contribution in [2.75, 3.05) is 0 Å². The summed E-state index contributed by atoms with van der Waals surface area (Å²) in [6.45, 7) is 0. The van der Waals surface area contributed by atoms with Gasteiger partial charge in [-0.2, -0.15) is 13.2 Å². The zero-order chi connectivity index (χ0) is 13.8. The Morgan fingerprint density at radius 3 is 2.39 bits per heavy atom. The van der Waals surface area contributed by atoms with Crippen LogP contribution in [0.25, 0.3) is 11.1 Å². The molecule has 0 radical (unpaired) electrons. The van der Waals surface area contributed by atoms with Gasteiger partial charge in [-0.05, 0) is 12.1 Å². The van der Waals surface area contributed by atoms with Gasteiger partial charge in [0.2, 0.25) is 0 Å². The molecular formula is C10H6F3NO4. The number of carboxylic acids is 1. The summed E-state index contributed by atoms with van der Waals surface area (Å²) in [5.41, 5.74) is 0.816. The topological polar surface area (TPSA) is 80.4 Å². The Hall–Kier alpha value is -2.38. The Morgan fingerprint density at radius 1 is 1.28 bits per heavy atom. The van der Waals surface area contributed by atoms with E-state index in [1.165, 1.54) is 6.20 Å². The highest BCUT2D eigenvalue weighted by Crippen LogP contribution is 2.13. The molecule has 1 aromatic carbocycles. The first-order chi connectivity index (χ1) is 8.30. The monoisotopic (exact) mass is 261 g/mol. The summed E-state index contributed by atoms with van der Waals surface area (Å²) in [4.78, 5) is 23.4. The van der Waals surface area contributed by atoms with Gasteiger partial charge >= 0.3 is 17.8 Å². The Labute approximate surface area is 97.5 Å². The number of carbonyl (C=O) groups is 1. The number of hydrogen-bond donors (Lipinski definition) is 1. The molecular weight excluding hydrogens is 255 g/mol. The maximum absolute atomic E-state index is 10.7. The largest absolute Gasteiger partial charge is 0.490 e. The van der Waals surface area contributed by atoms with Crippen LogP contribution in [0.5, 0.6) is 0 Å². The third-order valence-corrected chi connectivity index (χ3v) is 1.63. The summed E-state index contributed by atoms with van der Waals surface area (Å²) in [6.07, 6.45) is -3.91. The molecule has 0 amide bonds. The standard InChI is InChI=1S/C8H5NO2.C2HF3O2/c10-8-5-9-6-3-1-2-4-7(6)11-8;3-2(4,5)1(6)7/h1-5H;(H,6,7). The number of carboxylic acid groups (broad SMARTS) is 1. The number of aliphatic carboxylic acids is 1. The van der Waals surface area contributed by atoms with Crippen molar-refractivity contribution in [2.45, 2.75) is 6.18 Å². The van der Waals surface area contributed by atoms with Crippen molar-refractivity contribution >= 4 is 17.1 Å². The van der Waals surface area contributed by atoms with Crippen molar-refractivity contribution in [3.8, 4) is 0 Å². The lowest BCUT2D eigenvalue weighted by Gasteiger charge is -1.93. The zero-order valence-corrected chi connectivity index (χ0v) is 8.64. The van der Waals surface area contributed by atoms with Gasteiger partial charge in [0.05, 0.1) is 0 Å². The van der Waals surface area contributed by atoms with Gasteiger partial charge < -0.3 is 9.52 Å². The van der Waals surface area contributed by atoms with Crippen LogP contribution in [0.4, 0.5) is 13.2 Å². The lowest BCUT2D eigenvalue weighted by molar-refractivity contribution is -0.192. The number of fused-ring (bicyclic) bond motifs is 1. The molecule has 96 valence electrons. The normalized spacial score (nSPS) is 10.6. The number of rotatable bonds is 0. The molecule has 0 saturated heterocycles. The molecule has 1 N–H and O–H groups in total. The minimum absolute atomic E-state index is 0.413. The van der Waals surface area contributed by atoms with Crippen molar-refractivity contribution in [1.82, 2.24) is 4.98 Å². The number of nitrogens with zero attached hydrogens (tertiary/aromatic N) is 1. The van der Waals surface area contributed by atoms with Crippen LogP contribution >= 0.6 is 0 Å². The number of alkyl halides is 3. The maximum Gasteiger partial charge on any atom is 0.490 e. The van der Waals surface area contributed by atoms with E-state index < -0.39 is 17.8 Å². The molecule has 0 saturated carbocycles. The van der Waals surface area contributed by atoms with E-state index in [0.717, 1.165) is 0 Å². The van der Waals surface area contributed by atoms with Crippen LogP contribution in [0.15, 0.2) is 39.7 Å². The number of para-hydroxylation sites is 2. The van der Waals surface area contributed by atoms with Crippen LogP contribution in [0.1, 0.15) is 0 Å². The molecule has 0 aliphatic rings.